The first-order chi connectivity index (χ1) is 16.6. The maximum absolute atomic E-state index is 6.42. The van der Waals surface area contributed by atoms with E-state index in [4.69, 9.17) is 26.5 Å². The maximum atomic E-state index is 6.42. The Morgan fingerprint density at radius 1 is 1.12 bits per heavy atom. The first kappa shape index (κ1) is 20.8. The molecule has 3 fully saturated rings. The van der Waals surface area contributed by atoms with Crippen molar-refractivity contribution in [3.8, 4) is 5.69 Å². The topological polar surface area (TPSA) is 72.2 Å². The largest absolute Gasteiger partial charge is 0.380 e. The Balaban J connectivity index is 1.14. The van der Waals surface area contributed by atoms with Gasteiger partial charge in [0.15, 0.2) is 5.82 Å². The third-order valence-electron chi connectivity index (χ3n) is 8.02. The number of rotatable bonds is 3. The number of hydrogen-bond donors (Lipinski definition) is 0. The van der Waals surface area contributed by atoms with Crippen LogP contribution in [0.25, 0.3) is 5.69 Å². The zero-order valence-electron chi connectivity index (χ0n) is 19.3. The minimum atomic E-state index is 0.364. The Morgan fingerprint density at radius 3 is 2.79 bits per heavy atom. The van der Waals surface area contributed by atoms with Gasteiger partial charge in [-0.25, -0.2) is 4.98 Å². The summed E-state index contributed by atoms with van der Waals surface area (Å²) in [7, 11) is 0. The molecule has 1 aromatic carbocycles. The molecular formula is C25H28ClN7O. The van der Waals surface area contributed by atoms with Gasteiger partial charge in [0.2, 0.25) is 0 Å². The van der Waals surface area contributed by atoms with Gasteiger partial charge >= 0.3 is 0 Å². The lowest BCUT2D eigenvalue weighted by molar-refractivity contribution is 0.0580. The lowest BCUT2D eigenvalue weighted by Gasteiger charge is -2.59. The second-order valence-electron chi connectivity index (χ2n) is 10.5. The van der Waals surface area contributed by atoms with Crippen LogP contribution < -0.4 is 4.90 Å². The molecule has 176 valence electrons. The third-order valence-corrected chi connectivity index (χ3v) is 8.26. The van der Waals surface area contributed by atoms with Gasteiger partial charge in [-0.3, -0.25) is 14.5 Å². The van der Waals surface area contributed by atoms with Crippen LogP contribution in [-0.4, -0.2) is 62.0 Å². The summed E-state index contributed by atoms with van der Waals surface area (Å²) in [6.45, 7) is 7.34. The number of anilines is 1. The van der Waals surface area contributed by atoms with E-state index in [1.54, 1.807) is 6.20 Å². The van der Waals surface area contributed by atoms with E-state index in [-0.39, 0.29) is 0 Å². The van der Waals surface area contributed by atoms with E-state index in [2.05, 4.69) is 36.5 Å². The summed E-state index contributed by atoms with van der Waals surface area (Å²) in [4.78, 5) is 13.8. The van der Waals surface area contributed by atoms with E-state index < -0.39 is 0 Å². The summed E-state index contributed by atoms with van der Waals surface area (Å²) in [6.07, 6.45) is 7.02. The van der Waals surface area contributed by atoms with Crippen LogP contribution in [0.15, 0.2) is 30.6 Å². The smallest absolute Gasteiger partial charge is 0.151 e. The average Bonchev–Trinajstić information content (AvgIpc) is 3.40. The van der Waals surface area contributed by atoms with Crippen molar-refractivity contribution >= 4 is 17.4 Å². The summed E-state index contributed by atoms with van der Waals surface area (Å²) >= 11 is 6.42. The number of ether oxygens (including phenoxy) is 1. The van der Waals surface area contributed by atoms with Gasteiger partial charge in [-0.05, 0) is 49.9 Å². The SMILES string of the molecule is Cc1cncc(N2CC3(CC(c4nnc5n4-c4ccc(Cl)cc4CN([C@H]4CCOC4)C5)C3)C2)n1. The van der Waals surface area contributed by atoms with Crippen molar-refractivity contribution in [2.75, 3.05) is 31.2 Å². The number of aryl methyl sites for hydroxylation is 1. The number of nitrogens with zero attached hydrogens (tertiary/aromatic N) is 7. The van der Waals surface area contributed by atoms with Crippen LogP contribution >= 0.6 is 11.6 Å². The molecule has 7 rings (SSSR count). The van der Waals surface area contributed by atoms with Crippen molar-refractivity contribution in [2.24, 2.45) is 5.41 Å². The zero-order chi connectivity index (χ0) is 22.9. The number of benzene rings is 1. The average molecular weight is 478 g/mol. The van der Waals surface area contributed by atoms with Gasteiger partial charge in [-0.2, -0.15) is 0 Å². The Morgan fingerprint density at radius 2 is 2.00 bits per heavy atom. The Bertz CT molecular complexity index is 1240. The Labute approximate surface area is 203 Å². The van der Waals surface area contributed by atoms with Crippen molar-refractivity contribution in [3.05, 3.63) is 58.5 Å². The molecule has 5 heterocycles. The summed E-state index contributed by atoms with van der Waals surface area (Å²) in [5.74, 6) is 3.54. The molecule has 4 aliphatic rings. The van der Waals surface area contributed by atoms with Crippen molar-refractivity contribution in [3.63, 3.8) is 0 Å². The highest BCUT2D eigenvalue weighted by Gasteiger charge is 2.54. The quantitative estimate of drug-likeness (QED) is 0.571. The van der Waals surface area contributed by atoms with Crippen molar-refractivity contribution < 1.29 is 4.74 Å². The first-order valence-electron chi connectivity index (χ1n) is 12.2. The monoisotopic (exact) mass is 477 g/mol. The number of aromatic nitrogens is 5. The van der Waals surface area contributed by atoms with E-state index in [9.17, 15) is 0 Å². The molecule has 9 heteroatoms. The van der Waals surface area contributed by atoms with Crippen molar-refractivity contribution in [2.45, 2.75) is 51.2 Å². The molecule has 2 aromatic heterocycles. The van der Waals surface area contributed by atoms with Crippen LogP contribution in [-0.2, 0) is 17.8 Å². The fourth-order valence-corrected chi connectivity index (χ4v) is 6.53. The molecule has 1 aliphatic carbocycles. The lowest BCUT2D eigenvalue weighted by Crippen LogP contribution is -2.62. The number of halogens is 1. The molecule has 0 bridgehead atoms. The van der Waals surface area contributed by atoms with Crippen LogP contribution in [0.2, 0.25) is 5.02 Å². The molecule has 0 amide bonds. The van der Waals surface area contributed by atoms with Crippen molar-refractivity contribution in [1.82, 2.24) is 29.6 Å². The highest BCUT2D eigenvalue weighted by Crippen LogP contribution is 2.56. The molecular weight excluding hydrogens is 450 g/mol. The molecule has 1 spiro atoms. The molecule has 0 N–H and O–H groups in total. The van der Waals surface area contributed by atoms with E-state index >= 15 is 0 Å². The molecule has 1 saturated carbocycles. The highest BCUT2D eigenvalue weighted by molar-refractivity contribution is 6.30. The van der Waals surface area contributed by atoms with E-state index in [0.29, 0.717) is 17.4 Å². The minimum Gasteiger partial charge on any atom is -0.380 e. The van der Waals surface area contributed by atoms with Gasteiger partial charge in [0.25, 0.3) is 0 Å². The van der Waals surface area contributed by atoms with Crippen LogP contribution in [0.1, 0.15) is 48.1 Å². The molecule has 3 aromatic rings. The molecule has 0 unspecified atom stereocenters. The van der Waals surface area contributed by atoms with Gasteiger partial charge in [0.1, 0.15) is 11.6 Å². The molecule has 1 atom stereocenters. The summed E-state index contributed by atoms with van der Waals surface area (Å²) in [6, 6.07) is 6.64. The van der Waals surface area contributed by atoms with Gasteiger partial charge in [0, 0.05) is 54.8 Å². The third kappa shape index (κ3) is 3.34. The van der Waals surface area contributed by atoms with E-state index in [0.717, 1.165) is 86.8 Å². The lowest BCUT2D eigenvalue weighted by atomic mass is 9.57. The molecule has 2 saturated heterocycles. The van der Waals surface area contributed by atoms with Gasteiger partial charge in [0.05, 0.1) is 30.7 Å². The standard InChI is InChI=1S/C25H28ClN7O/c1-16-9-27-10-22(28-16)32-14-25(15-32)7-18(8-25)24-30-29-23-12-31(20-4-5-34-13-20)11-17-6-19(26)2-3-21(17)33(23)24/h2-3,6,9-10,18,20H,4-5,7-8,11-15H2,1H3/t20-/m0/s1. The normalized spacial score (nSPS) is 23.8. The fraction of sp³-hybridized carbons (Fsp3) is 0.520. The van der Waals surface area contributed by atoms with Gasteiger partial charge in [-0.1, -0.05) is 11.6 Å². The Hall–Kier alpha value is -2.55. The molecule has 34 heavy (non-hydrogen) atoms. The highest BCUT2D eigenvalue weighted by atomic mass is 35.5. The summed E-state index contributed by atoms with van der Waals surface area (Å²) in [5, 5.41) is 10.2. The molecule has 8 nitrogen and oxygen atoms in total. The van der Waals surface area contributed by atoms with Crippen LogP contribution in [0.3, 0.4) is 0 Å². The fourth-order valence-electron chi connectivity index (χ4n) is 6.34. The molecule has 0 radical (unpaired) electrons. The second kappa shape index (κ2) is 7.73. The Kier molecular flexibility index (Phi) is 4.73. The van der Waals surface area contributed by atoms with Crippen LogP contribution in [0.5, 0.6) is 0 Å². The van der Waals surface area contributed by atoms with E-state index in [1.165, 1.54) is 11.3 Å². The van der Waals surface area contributed by atoms with E-state index in [1.807, 2.05) is 19.2 Å². The summed E-state index contributed by atoms with van der Waals surface area (Å²) < 4.78 is 8.01. The van der Waals surface area contributed by atoms with Gasteiger partial charge < -0.3 is 9.64 Å². The number of fused-ring (bicyclic) bond motifs is 3. The number of hydrogen-bond acceptors (Lipinski definition) is 7. The maximum Gasteiger partial charge on any atom is 0.151 e. The van der Waals surface area contributed by atoms with Crippen molar-refractivity contribution in [1.29, 1.82) is 0 Å². The van der Waals surface area contributed by atoms with Gasteiger partial charge in [-0.15, -0.1) is 10.2 Å². The van der Waals surface area contributed by atoms with Crippen LogP contribution in [0, 0.1) is 12.3 Å². The first-order valence-corrected chi connectivity index (χ1v) is 12.5. The second-order valence-corrected chi connectivity index (χ2v) is 10.9. The summed E-state index contributed by atoms with van der Waals surface area (Å²) in [5.41, 5.74) is 3.74. The van der Waals surface area contributed by atoms with Crippen LogP contribution in [0.4, 0.5) is 5.82 Å². The minimum absolute atomic E-state index is 0.364. The predicted molar refractivity (Wildman–Crippen MR) is 128 cm³/mol. The molecule has 3 aliphatic heterocycles. The zero-order valence-corrected chi connectivity index (χ0v) is 20.1. The predicted octanol–water partition coefficient (Wildman–Crippen LogP) is 3.51.